The van der Waals surface area contributed by atoms with Crippen molar-refractivity contribution in [3.8, 4) is 5.75 Å². The highest BCUT2D eigenvalue weighted by Gasteiger charge is 2.33. The van der Waals surface area contributed by atoms with Gasteiger partial charge in [0.1, 0.15) is 24.7 Å². The number of fused-ring (bicyclic) bond motifs is 1. The lowest BCUT2D eigenvalue weighted by atomic mass is 10.0. The van der Waals surface area contributed by atoms with Crippen molar-refractivity contribution in [3.63, 3.8) is 0 Å². The summed E-state index contributed by atoms with van der Waals surface area (Å²) in [4.78, 5) is 31.1. The second-order valence-electron chi connectivity index (χ2n) is 8.63. The average molecular weight is 496 g/mol. The van der Waals surface area contributed by atoms with Gasteiger partial charge in [-0.3, -0.25) is 4.79 Å². The predicted molar refractivity (Wildman–Crippen MR) is 136 cm³/mol. The van der Waals surface area contributed by atoms with Gasteiger partial charge in [-0.2, -0.15) is 0 Å². The van der Waals surface area contributed by atoms with E-state index in [1.165, 1.54) is 17.0 Å². The molecule has 2 aromatic carbocycles. The number of nitrogens with zero attached hydrogens (tertiary/aromatic N) is 2. The number of hydrogen-bond donors (Lipinski definition) is 1. The summed E-state index contributed by atoms with van der Waals surface area (Å²) in [6, 6.07) is 14.9. The molecule has 1 aromatic heterocycles. The van der Waals surface area contributed by atoms with Crippen LogP contribution in [0.5, 0.6) is 5.75 Å². The van der Waals surface area contributed by atoms with Gasteiger partial charge in [0.2, 0.25) is 5.91 Å². The zero-order valence-corrected chi connectivity index (χ0v) is 20.8. The largest absolute Gasteiger partial charge is 0.491 e. The molecular weight excluding hydrogens is 465 g/mol. The number of thiophene rings is 1. The van der Waals surface area contributed by atoms with Gasteiger partial charge in [0.15, 0.2) is 0 Å². The van der Waals surface area contributed by atoms with Crippen LogP contribution in [0.3, 0.4) is 0 Å². The van der Waals surface area contributed by atoms with Crippen LogP contribution >= 0.6 is 11.3 Å². The highest BCUT2D eigenvalue weighted by molar-refractivity contribution is 7.10. The SMILES string of the molecule is CCCN(CC(=O)N1CCc2sccc2[C@H]1COc1ccc(F)cc1)C(=O)Nc1ccc(C)cc1. The third kappa shape index (κ3) is 6.19. The quantitative estimate of drug-likeness (QED) is 0.440. The molecule has 1 aliphatic rings. The summed E-state index contributed by atoms with van der Waals surface area (Å²) < 4.78 is 19.2. The van der Waals surface area contributed by atoms with Gasteiger partial charge in [0, 0.05) is 23.7 Å². The smallest absolute Gasteiger partial charge is 0.322 e. The Morgan fingerprint density at radius 2 is 1.89 bits per heavy atom. The number of carbonyl (C=O) groups is 2. The van der Waals surface area contributed by atoms with Crippen molar-refractivity contribution in [2.24, 2.45) is 0 Å². The van der Waals surface area contributed by atoms with Crippen LogP contribution in [0.15, 0.2) is 60.0 Å². The fraction of sp³-hybridized carbons (Fsp3) is 0.333. The minimum Gasteiger partial charge on any atom is -0.491 e. The molecule has 1 aliphatic heterocycles. The molecule has 184 valence electrons. The van der Waals surface area contributed by atoms with Gasteiger partial charge >= 0.3 is 6.03 Å². The van der Waals surface area contributed by atoms with Crippen LogP contribution in [-0.4, -0.2) is 48.0 Å². The minimum absolute atomic E-state index is 0.0158. The fourth-order valence-corrected chi connectivity index (χ4v) is 5.12. The topological polar surface area (TPSA) is 61.9 Å². The molecule has 4 rings (SSSR count). The molecule has 0 spiro atoms. The first-order valence-corrected chi connectivity index (χ1v) is 12.7. The number of nitrogens with one attached hydrogen (secondary N) is 1. The van der Waals surface area contributed by atoms with Crippen LogP contribution in [0.25, 0.3) is 0 Å². The molecule has 0 radical (unpaired) electrons. The van der Waals surface area contributed by atoms with Crippen molar-refractivity contribution < 1.29 is 18.7 Å². The highest BCUT2D eigenvalue weighted by atomic mass is 32.1. The van der Waals surface area contributed by atoms with Crippen molar-refractivity contribution in [1.29, 1.82) is 0 Å². The van der Waals surface area contributed by atoms with Crippen LogP contribution in [0.2, 0.25) is 0 Å². The van der Waals surface area contributed by atoms with Crippen molar-refractivity contribution in [2.45, 2.75) is 32.7 Å². The van der Waals surface area contributed by atoms with Gasteiger partial charge in [0.05, 0.1) is 6.04 Å². The van der Waals surface area contributed by atoms with Gasteiger partial charge in [0.25, 0.3) is 0 Å². The minimum atomic E-state index is -0.327. The maximum Gasteiger partial charge on any atom is 0.322 e. The molecule has 6 nitrogen and oxygen atoms in total. The summed E-state index contributed by atoms with van der Waals surface area (Å²) in [6.07, 6.45) is 1.51. The first kappa shape index (κ1) is 24.7. The number of urea groups is 1. The van der Waals surface area contributed by atoms with Crippen LogP contribution in [-0.2, 0) is 11.2 Å². The molecule has 0 saturated heterocycles. The standard InChI is InChI=1S/C27H30FN3O3S/c1-3-14-30(27(33)29-21-8-4-19(2)5-9-21)17-26(32)31-15-12-25-23(13-16-35-25)24(31)18-34-22-10-6-20(28)7-11-22/h4-11,13,16,24H,3,12,14-15,17-18H2,1-2H3,(H,29,33)/t24-/m1/s1. The molecule has 8 heteroatoms. The molecule has 0 unspecified atom stereocenters. The second kappa shape index (κ2) is 11.4. The molecule has 1 N–H and O–H groups in total. The number of hydrogen-bond acceptors (Lipinski definition) is 4. The van der Waals surface area contributed by atoms with E-state index in [0.717, 1.165) is 24.0 Å². The number of anilines is 1. The number of amides is 3. The number of halogens is 1. The van der Waals surface area contributed by atoms with Crippen LogP contribution in [0, 0.1) is 12.7 Å². The average Bonchev–Trinajstić information content (AvgIpc) is 3.34. The van der Waals surface area contributed by atoms with Gasteiger partial charge in [-0.05, 0) is 73.2 Å². The zero-order chi connectivity index (χ0) is 24.8. The maximum absolute atomic E-state index is 13.5. The number of rotatable bonds is 8. The van der Waals surface area contributed by atoms with Crippen LogP contribution in [0.4, 0.5) is 14.9 Å². The van der Waals surface area contributed by atoms with E-state index >= 15 is 0 Å². The third-order valence-electron chi connectivity index (χ3n) is 6.05. The van der Waals surface area contributed by atoms with E-state index in [-0.39, 0.29) is 36.9 Å². The molecule has 0 aliphatic carbocycles. The van der Waals surface area contributed by atoms with Crippen LogP contribution in [0.1, 0.15) is 35.4 Å². The third-order valence-corrected chi connectivity index (χ3v) is 7.04. The van der Waals surface area contributed by atoms with E-state index in [1.54, 1.807) is 33.3 Å². The molecule has 3 aromatic rings. The van der Waals surface area contributed by atoms with Crippen LogP contribution < -0.4 is 10.1 Å². The highest BCUT2D eigenvalue weighted by Crippen LogP contribution is 2.34. The monoisotopic (exact) mass is 495 g/mol. The Morgan fingerprint density at radius 1 is 1.14 bits per heavy atom. The molecule has 35 heavy (non-hydrogen) atoms. The number of ether oxygens (including phenoxy) is 1. The summed E-state index contributed by atoms with van der Waals surface area (Å²) in [6.45, 7) is 5.24. The number of benzene rings is 2. The van der Waals surface area contributed by atoms with Gasteiger partial charge in [-0.1, -0.05) is 24.6 Å². The Morgan fingerprint density at radius 3 is 2.60 bits per heavy atom. The van der Waals surface area contributed by atoms with E-state index in [1.807, 2.05) is 49.6 Å². The van der Waals surface area contributed by atoms with Gasteiger partial charge in [-0.15, -0.1) is 11.3 Å². The lowest BCUT2D eigenvalue weighted by Crippen LogP contribution is -2.48. The summed E-state index contributed by atoms with van der Waals surface area (Å²) in [5.74, 6) is 0.0974. The first-order chi connectivity index (χ1) is 16.9. The molecule has 2 heterocycles. The molecular formula is C27H30FN3O3S. The first-order valence-electron chi connectivity index (χ1n) is 11.8. The maximum atomic E-state index is 13.5. The van der Waals surface area contributed by atoms with Gasteiger partial charge in [-0.25, -0.2) is 9.18 Å². The lowest BCUT2D eigenvalue weighted by molar-refractivity contribution is -0.135. The zero-order valence-electron chi connectivity index (χ0n) is 20.0. The van der Waals surface area contributed by atoms with Crippen molar-refractivity contribution in [3.05, 3.63) is 81.8 Å². The number of carbonyl (C=O) groups excluding carboxylic acids is 2. The second-order valence-corrected chi connectivity index (χ2v) is 9.64. The van der Waals surface area contributed by atoms with Crippen molar-refractivity contribution in [2.75, 3.05) is 31.6 Å². The van der Waals surface area contributed by atoms with E-state index in [2.05, 4.69) is 5.32 Å². The molecule has 0 saturated carbocycles. The predicted octanol–water partition coefficient (Wildman–Crippen LogP) is 5.64. The number of aryl methyl sites for hydroxylation is 1. The fourth-order valence-electron chi connectivity index (χ4n) is 4.20. The Labute approximate surface area is 209 Å². The summed E-state index contributed by atoms with van der Waals surface area (Å²) >= 11 is 1.68. The van der Waals surface area contributed by atoms with E-state index in [4.69, 9.17) is 4.74 Å². The van der Waals surface area contributed by atoms with Gasteiger partial charge < -0.3 is 19.9 Å². The summed E-state index contributed by atoms with van der Waals surface area (Å²) in [5.41, 5.74) is 2.87. The van der Waals surface area contributed by atoms with Crippen molar-refractivity contribution >= 4 is 29.0 Å². The Balaban J connectivity index is 1.46. The summed E-state index contributed by atoms with van der Waals surface area (Å²) in [5, 5.41) is 4.93. The van der Waals surface area contributed by atoms with E-state index in [9.17, 15) is 14.0 Å². The lowest BCUT2D eigenvalue weighted by Gasteiger charge is -2.37. The van der Waals surface area contributed by atoms with E-state index < -0.39 is 0 Å². The Kier molecular flexibility index (Phi) is 8.02. The molecule has 0 bridgehead atoms. The molecule has 1 atom stereocenters. The van der Waals surface area contributed by atoms with E-state index in [0.29, 0.717) is 24.5 Å². The summed E-state index contributed by atoms with van der Waals surface area (Å²) in [7, 11) is 0. The Bertz CT molecular complexity index is 1150. The normalized spacial score (nSPS) is 14.8. The molecule has 3 amide bonds. The molecule has 0 fully saturated rings. The Hall–Kier alpha value is -3.39. The van der Waals surface area contributed by atoms with Crippen molar-refractivity contribution in [1.82, 2.24) is 9.80 Å².